The molecule has 21 heavy (non-hydrogen) atoms. The van der Waals surface area contributed by atoms with E-state index in [4.69, 9.17) is 9.47 Å². The van der Waals surface area contributed by atoms with E-state index >= 15 is 0 Å². The van der Waals surface area contributed by atoms with Gasteiger partial charge in [0.15, 0.2) is 6.29 Å². The summed E-state index contributed by atoms with van der Waals surface area (Å²) in [5.41, 5.74) is 0. The highest BCUT2D eigenvalue weighted by Crippen LogP contribution is 2.27. The van der Waals surface area contributed by atoms with Gasteiger partial charge >= 0.3 is 0 Å². The standard InChI is InChI=1S/C19H38O2/c1-3-5-12-16-20-19(21-17-13-6-4-2)18-14-10-8-7-9-11-15-18/h18-19H,3-17H2,1-2H3. The largest absolute Gasteiger partial charge is 0.352 e. The van der Waals surface area contributed by atoms with Crippen molar-refractivity contribution >= 4 is 0 Å². The maximum atomic E-state index is 6.14. The Bertz CT molecular complexity index is 198. The molecule has 0 unspecified atom stereocenters. The van der Waals surface area contributed by atoms with Crippen molar-refractivity contribution in [1.82, 2.24) is 0 Å². The number of hydrogen-bond donors (Lipinski definition) is 0. The maximum absolute atomic E-state index is 6.14. The normalized spacial score (nSPS) is 17.9. The second-order valence-electron chi connectivity index (χ2n) is 6.63. The van der Waals surface area contributed by atoms with Gasteiger partial charge in [-0.15, -0.1) is 0 Å². The monoisotopic (exact) mass is 298 g/mol. The average Bonchev–Trinajstić information content (AvgIpc) is 2.46. The van der Waals surface area contributed by atoms with Gasteiger partial charge in [0.25, 0.3) is 0 Å². The van der Waals surface area contributed by atoms with Crippen LogP contribution in [0, 0.1) is 5.92 Å². The summed E-state index contributed by atoms with van der Waals surface area (Å²) in [4.78, 5) is 0. The zero-order valence-corrected chi connectivity index (χ0v) is 14.6. The van der Waals surface area contributed by atoms with Crippen molar-refractivity contribution in [1.29, 1.82) is 0 Å². The van der Waals surface area contributed by atoms with Crippen LogP contribution in [-0.4, -0.2) is 19.5 Å². The Morgan fingerprint density at radius 3 is 1.67 bits per heavy atom. The Kier molecular flexibility index (Phi) is 12.3. The number of ether oxygens (including phenoxy) is 2. The minimum Gasteiger partial charge on any atom is -0.352 e. The lowest BCUT2D eigenvalue weighted by Gasteiger charge is -2.29. The maximum Gasteiger partial charge on any atom is 0.160 e. The highest BCUT2D eigenvalue weighted by atomic mass is 16.7. The fourth-order valence-electron chi connectivity index (χ4n) is 3.18. The first-order valence-corrected chi connectivity index (χ1v) is 9.61. The summed E-state index contributed by atoms with van der Waals surface area (Å²) in [7, 11) is 0. The van der Waals surface area contributed by atoms with Crippen LogP contribution in [0.1, 0.15) is 97.3 Å². The summed E-state index contributed by atoms with van der Waals surface area (Å²) in [5, 5.41) is 0. The lowest BCUT2D eigenvalue weighted by molar-refractivity contribution is -0.177. The van der Waals surface area contributed by atoms with Crippen LogP contribution < -0.4 is 0 Å². The van der Waals surface area contributed by atoms with Crippen LogP contribution >= 0.6 is 0 Å². The molecule has 1 rings (SSSR count). The van der Waals surface area contributed by atoms with E-state index in [2.05, 4.69) is 13.8 Å². The summed E-state index contributed by atoms with van der Waals surface area (Å²) < 4.78 is 12.3. The number of rotatable bonds is 11. The first-order valence-electron chi connectivity index (χ1n) is 9.61. The summed E-state index contributed by atoms with van der Waals surface area (Å²) >= 11 is 0. The molecule has 1 aliphatic rings. The van der Waals surface area contributed by atoms with Crippen molar-refractivity contribution in [3.8, 4) is 0 Å². The van der Waals surface area contributed by atoms with E-state index in [0.717, 1.165) is 13.2 Å². The van der Waals surface area contributed by atoms with Gasteiger partial charge in [-0.05, 0) is 25.7 Å². The van der Waals surface area contributed by atoms with Crippen molar-refractivity contribution < 1.29 is 9.47 Å². The van der Waals surface area contributed by atoms with E-state index in [1.165, 1.54) is 83.5 Å². The Labute approximate surface area is 133 Å². The summed E-state index contributed by atoms with van der Waals surface area (Å²) in [5.74, 6) is 0.633. The van der Waals surface area contributed by atoms with Crippen molar-refractivity contribution in [2.45, 2.75) is 104 Å². The molecular weight excluding hydrogens is 260 g/mol. The van der Waals surface area contributed by atoms with Crippen LogP contribution in [-0.2, 0) is 9.47 Å². The zero-order chi connectivity index (χ0) is 15.2. The number of unbranched alkanes of at least 4 members (excludes halogenated alkanes) is 4. The second-order valence-corrected chi connectivity index (χ2v) is 6.63. The van der Waals surface area contributed by atoms with E-state index in [1.807, 2.05) is 0 Å². The summed E-state index contributed by atoms with van der Waals surface area (Å²) in [6.07, 6.45) is 17.0. The molecule has 0 aromatic carbocycles. The van der Waals surface area contributed by atoms with Gasteiger partial charge in [0.1, 0.15) is 0 Å². The van der Waals surface area contributed by atoms with Crippen molar-refractivity contribution in [3.05, 3.63) is 0 Å². The molecule has 126 valence electrons. The predicted molar refractivity (Wildman–Crippen MR) is 90.6 cm³/mol. The minimum absolute atomic E-state index is 0.0665. The lowest BCUT2D eigenvalue weighted by Crippen LogP contribution is -2.29. The average molecular weight is 299 g/mol. The topological polar surface area (TPSA) is 18.5 Å². The van der Waals surface area contributed by atoms with Gasteiger partial charge in [-0.2, -0.15) is 0 Å². The summed E-state index contributed by atoms with van der Waals surface area (Å²) in [6.45, 7) is 6.24. The predicted octanol–water partition coefficient (Wildman–Crippen LogP) is 6.09. The van der Waals surface area contributed by atoms with Gasteiger partial charge in [-0.25, -0.2) is 0 Å². The molecule has 1 saturated carbocycles. The molecule has 1 aliphatic carbocycles. The SMILES string of the molecule is CCCCCOC(OCCCCC)C1CCCCCCC1. The molecule has 0 N–H and O–H groups in total. The molecule has 0 bridgehead atoms. The molecule has 0 saturated heterocycles. The molecule has 0 aromatic rings. The molecule has 2 nitrogen and oxygen atoms in total. The Morgan fingerprint density at radius 2 is 1.19 bits per heavy atom. The van der Waals surface area contributed by atoms with Crippen LogP contribution in [0.3, 0.4) is 0 Å². The van der Waals surface area contributed by atoms with E-state index in [-0.39, 0.29) is 6.29 Å². The fraction of sp³-hybridized carbons (Fsp3) is 1.00. The van der Waals surface area contributed by atoms with E-state index in [0.29, 0.717) is 5.92 Å². The van der Waals surface area contributed by atoms with Crippen LogP contribution in [0.2, 0.25) is 0 Å². The van der Waals surface area contributed by atoms with Gasteiger partial charge < -0.3 is 9.47 Å². The number of hydrogen-bond acceptors (Lipinski definition) is 2. The Balaban J connectivity index is 2.35. The first kappa shape index (κ1) is 19.0. The summed E-state index contributed by atoms with van der Waals surface area (Å²) in [6, 6.07) is 0. The zero-order valence-electron chi connectivity index (χ0n) is 14.6. The molecular formula is C19H38O2. The van der Waals surface area contributed by atoms with Crippen molar-refractivity contribution in [2.75, 3.05) is 13.2 Å². The lowest BCUT2D eigenvalue weighted by atomic mass is 9.90. The van der Waals surface area contributed by atoms with Gasteiger partial charge in [0.2, 0.25) is 0 Å². The second kappa shape index (κ2) is 13.6. The van der Waals surface area contributed by atoms with Crippen molar-refractivity contribution in [3.63, 3.8) is 0 Å². The van der Waals surface area contributed by atoms with Crippen LogP contribution in [0.15, 0.2) is 0 Å². The van der Waals surface area contributed by atoms with Crippen LogP contribution in [0.4, 0.5) is 0 Å². The Morgan fingerprint density at radius 1 is 0.714 bits per heavy atom. The van der Waals surface area contributed by atoms with Gasteiger partial charge in [-0.1, -0.05) is 71.6 Å². The quantitative estimate of drug-likeness (QED) is 0.339. The first-order chi connectivity index (χ1) is 10.4. The molecule has 0 amide bonds. The Hall–Kier alpha value is -0.0800. The van der Waals surface area contributed by atoms with Gasteiger partial charge in [0, 0.05) is 19.1 Å². The molecule has 0 radical (unpaired) electrons. The van der Waals surface area contributed by atoms with Gasteiger partial charge in [-0.3, -0.25) is 0 Å². The highest BCUT2D eigenvalue weighted by molar-refractivity contribution is 4.67. The molecule has 0 atom stereocenters. The third kappa shape index (κ3) is 9.52. The fourth-order valence-corrected chi connectivity index (χ4v) is 3.18. The van der Waals surface area contributed by atoms with E-state index in [1.54, 1.807) is 0 Å². The minimum atomic E-state index is 0.0665. The highest BCUT2D eigenvalue weighted by Gasteiger charge is 2.23. The smallest absolute Gasteiger partial charge is 0.160 e. The molecule has 2 heteroatoms. The molecule has 0 heterocycles. The van der Waals surface area contributed by atoms with Crippen molar-refractivity contribution in [2.24, 2.45) is 5.92 Å². The van der Waals surface area contributed by atoms with Crippen LogP contribution in [0.5, 0.6) is 0 Å². The van der Waals surface area contributed by atoms with Gasteiger partial charge in [0.05, 0.1) is 0 Å². The van der Waals surface area contributed by atoms with E-state index < -0.39 is 0 Å². The third-order valence-electron chi connectivity index (χ3n) is 4.59. The molecule has 0 aromatic heterocycles. The molecule has 0 spiro atoms. The third-order valence-corrected chi connectivity index (χ3v) is 4.59. The van der Waals surface area contributed by atoms with Crippen LogP contribution in [0.25, 0.3) is 0 Å². The molecule has 1 fully saturated rings. The van der Waals surface area contributed by atoms with E-state index in [9.17, 15) is 0 Å². The molecule has 0 aliphatic heterocycles.